The Bertz CT molecular complexity index is 1410. The third kappa shape index (κ3) is 11.0. The number of ether oxygens (including phenoxy) is 6. The molecule has 2 saturated heterocycles. The molecule has 0 aliphatic carbocycles. The van der Waals surface area contributed by atoms with Crippen LogP contribution >= 0.6 is 0 Å². The fourth-order valence-corrected chi connectivity index (χ4v) is 8.43. The quantitative estimate of drug-likeness (QED) is 0.137. The van der Waals surface area contributed by atoms with Crippen molar-refractivity contribution in [3.8, 4) is 0 Å². The molecule has 0 aromatic rings. The van der Waals surface area contributed by atoms with Gasteiger partial charge >= 0.3 is 12.1 Å². The van der Waals surface area contributed by atoms with E-state index in [4.69, 9.17) is 34.2 Å². The van der Waals surface area contributed by atoms with Crippen molar-refractivity contribution < 1.29 is 58.1 Å². The molecule has 4 rings (SSSR count). The maximum absolute atomic E-state index is 13.7. The van der Waals surface area contributed by atoms with E-state index in [-0.39, 0.29) is 43.0 Å². The van der Waals surface area contributed by atoms with Gasteiger partial charge in [-0.1, -0.05) is 58.9 Å². The number of cyclic esters (lactones) is 1. The van der Waals surface area contributed by atoms with Crippen molar-refractivity contribution in [2.45, 2.75) is 180 Å². The minimum absolute atomic E-state index is 0.0277. The van der Waals surface area contributed by atoms with Crippen LogP contribution in [0.3, 0.4) is 0 Å². The molecule has 4 aliphatic heterocycles. The number of epoxide rings is 1. The Kier molecular flexibility index (Phi) is 15.1. The van der Waals surface area contributed by atoms with E-state index in [0.717, 1.165) is 11.1 Å². The van der Waals surface area contributed by atoms with E-state index in [9.17, 15) is 29.7 Å². The highest BCUT2D eigenvalue weighted by Crippen LogP contribution is 2.45. The fourth-order valence-electron chi connectivity index (χ4n) is 8.43. The summed E-state index contributed by atoms with van der Waals surface area (Å²) in [6.07, 6.45) is 3.12. The number of rotatable bonds is 9. The van der Waals surface area contributed by atoms with Crippen LogP contribution in [0.4, 0.5) is 4.79 Å². The van der Waals surface area contributed by atoms with Gasteiger partial charge in [0.05, 0.1) is 30.8 Å². The second-order valence-electron chi connectivity index (χ2n) is 16.5. The van der Waals surface area contributed by atoms with E-state index in [1.807, 2.05) is 73.6 Å². The molecule has 54 heavy (non-hydrogen) atoms. The van der Waals surface area contributed by atoms with E-state index in [1.54, 1.807) is 6.92 Å². The lowest BCUT2D eigenvalue weighted by atomic mass is 9.79. The number of aliphatic hydroxyl groups is 3. The van der Waals surface area contributed by atoms with E-state index in [0.29, 0.717) is 32.1 Å². The summed E-state index contributed by atoms with van der Waals surface area (Å²) in [5, 5.41) is 33.9. The van der Waals surface area contributed by atoms with Crippen LogP contribution in [0.5, 0.6) is 0 Å². The number of fused-ring (bicyclic) bond motifs is 2. The number of Topliss-reactive ketones (excluding diaryl/α,β-unsaturated/α-hetero) is 1. The number of primary amides is 1. The Morgan fingerprint density at radius 1 is 1.04 bits per heavy atom. The summed E-state index contributed by atoms with van der Waals surface area (Å²) in [6.45, 7) is 16.9. The molecule has 1 unspecified atom stereocenters. The van der Waals surface area contributed by atoms with E-state index < -0.39 is 84.3 Å². The highest BCUT2D eigenvalue weighted by molar-refractivity contribution is 5.89. The minimum atomic E-state index is -1.77. The highest BCUT2D eigenvalue weighted by atomic mass is 16.7. The van der Waals surface area contributed by atoms with E-state index in [1.165, 1.54) is 0 Å². The predicted octanol–water partition coefficient (Wildman–Crippen LogP) is 5.18. The number of esters is 1. The van der Waals surface area contributed by atoms with Gasteiger partial charge < -0.3 is 49.5 Å². The summed E-state index contributed by atoms with van der Waals surface area (Å²) in [7, 11) is 0. The summed E-state index contributed by atoms with van der Waals surface area (Å²) in [6, 6.07) is 0. The Labute approximate surface area is 320 Å². The molecule has 306 valence electrons. The zero-order valence-corrected chi connectivity index (χ0v) is 33.6. The van der Waals surface area contributed by atoms with Crippen molar-refractivity contribution in [1.29, 1.82) is 0 Å². The first kappa shape index (κ1) is 44.1. The van der Waals surface area contributed by atoms with Crippen LogP contribution in [0, 0.1) is 23.7 Å². The number of carbonyl (C=O) groups is 3. The average molecular weight is 764 g/mol. The maximum Gasteiger partial charge on any atom is 0.404 e. The van der Waals surface area contributed by atoms with Crippen molar-refractivity contribution in [3.05, 3.63) is 35.5 Å². The standard InChI is InChI=1S/C41H65NO12/c1-10-31(43)40(9)38(54-40)26(6)19-25(5)37-27(7)34(45)22(2)15-16-29(50-33-20-30(51-39(42)47)35(46)28(8)49-33)14-12-11-13-23(3)36-24(4)17-18-41(48,53-36)21-32(44)52-37/h13,15-17,22,25-30,33-38,45-46,48H,10-12,14,18-21H2,1-9H3,(H2,42,47)/b16-15+,23-13+/t22-,25+,26+,27+,28+,29+,30+,33?,34-,35+,36+,37+,38-,40+,41+/m0/s1. The Balaban J connectivity index is 1.60. The van der Waals surface area contributed by atoms with Crippen LogP contribution in [-0.4, -0.2) is 99.7 Å². The molecule has 0 saturated carbocycles. The molecule has 0 aromatic carbocycles. The molecule has 15 atom stereocenters. The minimum Gasteiger partial charge on any atom is -0.462 e. The van der Waals surface area contributed by atoms with Crippen LogP contribution < -0.4 is 5.73 Å². The SMILES string of the molecule is CCC(=O)[C@@]1(C)O[C@H]1[C@H](C)C[C@@H](C)[C@H]1OC(=O)C[C@@]2(O)CC=C(C)[C@H](O2)/C(C)=C/CCC[C@@H](OC2C[C@@H](OC(N)=O)[C@H](O)[C@@H](C)O2)/C=C/[C@H](C)[C@H](O)[C@H]1C. The predicted molar refractivity (Wildman–Crippen MR) is 200 cm³/mol. The number of nitrogens with two attached hydrogens (primary N) is 1. The van der Waals surface area contributed by atoms with Crippen LogP contribution in [0.2, 0.25) is 0 Å². The lowest BCUT2D eigenvalue weighted by Gasteiger charge is -2.38. The van der Waals surface area contributed by atoms with Gasteiger partial charge in [-0.3, -0.25) is 9.59 Å². The van der Waals surface area contributed by atoms with Gasteiger partial charge in [0, 0.05) is 31.1 Å². The van der Waals surface area contributed by atoms with Crippen LogP contribution in [-0.2, 0) is 38.0 Å². The smallest absolute Gasteiger partial charge is 0.404 e. The second-order valence-corrected chi connectivity index (χ2v) is 16.5. The van der Waals surface area contributed by atoms with Gasteiger partial charge in [0.2, 0.25) is 0 Å². The number of carbonyl (C=O) groups excluding carboxylic acids is 3. The van der Waals surface area contributed by atoms with Gasteiger partial charge in [-0.25, -0.2) is 4.79 Å². The third-order valence-electron chi connectivity index (χ3n) is 11.8. The molecule has 1 amide bonds. The molecule has 2 bridgehead atoms. The molecule has 0 aromatic heterocycles. The molecular formula is C41H65NO12. The number of ketones is 1. The van der Waals surface area contributed by atoms with Gasteiger partial charge in [0.1, 0.15) is 24.4 Å². The van der Waals surface area contributed by atoms with E-state index in [2.05, 4.69) is 6.08 Å². The first-order valence-corrected chi connectivity index (χ1v) is 19.7. The molecule has 13 nitrogen and oxygen atoms in total. The lowest BCUT2D eigenvalue weighted by molar-refractivity contribution is -0.254. The van der Waals surface area contributed by atoms with Crippen molar-refractivity contribution in [3.63, 3.8) is 0 Å². The number of hydrogen-bond donors (Lipinski definition) is 4. The molecule has 13 heteroatoms. The fraction of sp³-hybridized carbons (Fsp3) is 0.780. The van der Waals surface area contributed by atoms with Crippen LogP contribution in [0.15, 0.2) is 35.5 Å². The average Bonchev–Trinajstić information content (AvgIpc) is 3.81. The number of aliphatic hydroxyl groups excluding tert-OH is 2. The van der Waals surface area contributed by atoms with Crippen molar-refractivity contribution >= 4 is 17.8 Å². The maximum atomic E-state index is 13.7. The van der Waals surface area contributed by atoms with Crippen molar-refractivity contribution in [2.75, 3.05) is 0 Å². The Hall–Kier alpha value is -2.65. The zero-order valence-electron chi connectivity index (χ0n) is 33.6. The molecular weight excluding hydrogens is 698 g/mol. The van der Waals surface area contributed by atoms with Gasteiger partial charge in [-0.2, -0.15) is 0 Å². The molecule has 4 aliphatic rings. The van der Waals surface area contributed by atoms with E-state index >= 15 is 0 Å². The largest absolute Gasteiger partial charge is 0.462 e. The monoisotopic (exact) mass is 763 g/mol. The third-order valence-corrected chi connectivity index (χ3v) is 11.8. The molecule has 0 radical (unpaired) electrons. The van der Waals surface area contributed by atoms with Crippen LogP contribution in [0.1, 0.15) is 114 Å². The summed E-state index contributed by atoms with van der Waals surface area (Å²) in [5.74, 6) is -3.55. The number of hydrogen-bond acceptors (Lipinski definition) is 12. The molecule has 5 N–H and O–H groups in total. The number of allylic oxidation sites excluding steroid dienone is 1. The normalized spacial score (nSPS) is 42.4. The molecule has 2 fully saturated rings. The Morgan fingerprint density at radius 2 is 1.72 bits per heavy atom. The van der Waals surface area contributed by atoms with Gasteiger partial charge in [0.25, 0.3) is 0 Å². The molecule has 0 spiro atoms. The van der Waals surface area contributed by atoms with Crippen molar-refractivity contribution in [1.82, 2.24) is 0 Å². The molecule has 4 heterocycles. The van der Waals surface area contributed by atoms with Gasteiger partial charge in [-0.15, -0.1) is 0 Å². The highest BCUT2D eigenvalue weighted by Gasteiger charge is 2.59. The summed E-state index contributed by atoms with van der Waals surface area (Å²) < 4.78 is 35.8. The Morgan fingerprint density at radius 3 is 2.39 bits per heavy atom. The van der Waals surface area contributed by atoms with Crippen molar-refractivity contribution in [2.24, 2.45) is 29.4 Å². The first-order valence-electron chi connectivity index (χ1n) is 19.7. The number of amides is 1. The van der Waals surface area contributed by atoms with Crippen LogP contribution in [0.25, 0.3) is 0 Å². The summed E-state index contributed by atoms with van der Waals surface area (Å²) >= 11 is 0. The topological polar surface area (TPSA) is 197 Å². The summed E-state index contributed by atoms with van der Waals surface area (Å²) in [4.78, 5) is 37.8. The van der Waals surface area contributed by atoms with Gasteiger partial charge in [-0.05, 0) is 76.4 Å². The summed E-state index contributed by atoms with van der Waals surface area (Å²) in [5.41, 5.74) is 6.26. The first-order chi connectivity index (χ1) is 25.3. The van der Waals surface area contributed by atoms with Gasteiger partial charge in [0.15, 0.2) is 23.5 Å². The lowest BCUT2D eigenvalue weighted by Crippen LogP contribution is -2.50. The zero-order chi connectivity index (χ0) is 40.1. The second kappa shape index (κ2) is 18.5.